The van der Waals surface area contributed by atoms with Crippen LogP contribution in [-0.4, -0.2) is 56.3 Å². The number of Topliss-reactive ketones (excluding diaryl/α,β-unsaturated/α-hetero) is 1. The summed E-state index contributed by atoms with van der Waals surface area (Å²) in [7, 11) is 6.39. The lowest BCUT2D eigenvalue weighted by molar-refractivity contribution is -0.141. The Morgan fingerprint density at radius 1 is 1.44 bits per heavy atom. The van der Waals surface area contributed by atoms with Crippen LogP contribution in [0.3, 0.4) is 0 Å². The number of carbonyl (C=O) groups is 1. The van der Waals surface area contributed by atoms with E-state index < -0.39 is 11.4 Å². The number of ketones is 1. The summed E-state index contributed by atoms with van der Waals surface area (Å²) < 4.78 is 9.83. The fraction of sp³-hybridized carbons (Fsp3) is 0.545. The third kappa shape index (κ3) is 1.62. The summed E-state index contributed by atoms with van der Waals surface area (Å²) in [4.78, 5) is 13.5. The standard InChI is InChI=1S/C11H17NO4/c1-7(6-12(2)3)11(14)9(13)8(15-4)10(11)16-5/h14H,1,6H2,2-5H3. The van der Waals surface area contributed by atoms with E-state index in [1.807, 2.05) is 19.0 Å². The molecule has 0 spiro atoms. The molecule has 0 aromatic rings. The summed E-state index contributed by atoms with van der Waals surface area (Å²) in [6, 6.07) is 0. The second-order valence-corrected chi connectivity index (χ2v) is 3.95. The molecule has 0 saturated heterocycles. The third-order valence-corrected chi connectivity index (χ3v) is 2.50. The maximum atomic E-state index is 11.7. The Labute approximate surface area is 94.9 Å². The molecule has 0 aromatic heterocycles. The minimum atomic E-state index is -1.73. The van der Waals surface area contributed by atoms with Gasteiger partial charge in [-0.05, 0) is 19.7 Å². The predicted molar refractivity (Wildman–Crippen MR) is 58.7 cm³/mol. The molecule has 0 amide bonds. The van der Waals surface area contributed by atoms with Crippen LogP contribution in [0.15, 0.2) is 23.7 Å². The number of nitrogens with zero attached hydrogens (tertiary/aromatic N) is 1. The van der Waals surface area contributed by atoms with Gasteiger partial charge in [0.25, 0.3) is 0 Å². The quantitative estimate of drug-likeness (QED) is 0.666. The summed E-state index contributed by atoms with van der Waals surface area (Å²) in [5.74, 6) is -0.310. The molecular weight excluding hydrogens is 210 g/mol. The van der Waals surface area contributed by atoms with Crippen molar-refractivity contribution in [2.24, 2.45) is 0 Å². The highest BCUT2D eigenvalue weighted by atomic mass is 16.5. The number of methoxy groups -OCH3 is 2. The van der Waals surface area contributed by atoms with Crippen LogP contribution < -0.4 is 0 Å². The third-order valence-electron chi connectivity index (χ3n) is 2.50. The van der Waals surface area contributed by atoms with Gasteiger partial charge in [0.05, 0.1) is 14.2 Å². The van der Waals surface area contributed by atoms with E-state index in [9.17, 15) is 9.90 Å². The van der Waals surface area contributed by atoms with Gasteiger partial charge in [-0.2, -0.15) is 0 Å². The molecule has 0 fully saturated rings. The molecule has 0 radical (unpaired) electrons. The summed E-state index contributed by atoms with van der Waals surface area (Å²) in [6.07, 6.45) is 0. The van der Waals surface area contributed by atoms with Crippen LogP contribution >= 0.6 is 0 Å². The van der Waals surface area contributed by atoms with Gasteiger partial charge in [0, 0.05) is 6.54 Å². The Hall–Kier alpha value is -1.33. The van der Waals surface area contributed by atoms with E-state index in [1.54, 1.807) is 0 Å². The number of aliphatic hydroxyl groups is 1. The van der Waals surface area contributed by atoms with E-state index in [-0.39, 0.29) is 11.5 Å². The normalized spacial score (nSPS) is 24.5. The van der Waals surface area contributed by atoms with Crippen LogP contribution in [0.25, 0.3) is 0 Å². The number of ether oxygens (including phenoxy) is 2. The molecule has 1 N–H and O–H groups in total. The van der Waals surface area contributed by atoms with Crippen LogP contribution in [0.4, 0.5) is 0 Å². The van der Waals surface area contributed by atoms with E-state index in [1.165, 1.54) is 14.2 Å². The predicted octanol–water partition coefficient (Wildman–Crippen LogP) is -0.0776. The summed E-state index contributed by atoms with van der Waals surface area (Å²) >= 11 is 0. The van der Waals surface area contributed by atoms with Gasteiger partial charge in [0.15, 0.2) is 5.76 Å². The van der Waals surface area contributed by atoms with Gasteiger partial charge in [-0.3, -0.25) is 4.79 Å². The Balaban J connectivity index is 3.00. The van der Waals surface area contributed by atoms with E-state index in [0.717, 1.165) is 0 Å². The first kappa shape index (κ1) is 12.7. The van der Waals surface area contributed by atoms with Gasteiger partial charge >= 0.3 is 0 Å². The molecule has 1 rings (SSSR count). The van der Waals surface area contributed by atoms with Crippen molar-refractivity contribution in [3.8, 4) is 0 Å². The van der Waals surface area contributed by atoms with Crippen molar-refractivity contribution in [1.29, 1.82) is 0 Å². The van der Waals surface area contributed by atoms with E-state index in [2.05, 4.69) is 6.58 Å². The molecule has 0 saturated carbocycles. The molecule has 1 atom stereocenters. The van der Waals surface area contributed by atoms with Crippen molar-refractivity contribution in [3.63, 3.8) is 0 Å². The average molecular weight is 227 g/mol. The summed E-state index contributed by atoms with van der Waals surface area (Å²) in [5, 5.41) is 10.2. The van der Waals surface area contributed by atoms with Gasteiger partial charge in [0.1, 0.15) is 0 Å². The molecule has 1 aliphatic carbocycles. The molecule has 0 heterocycles. The van der Waals surface area contributed by atoms with Crippen LogP contribution in [0.1, 0.15) is 0 Å². The SMILES string of the molecule is C=C(CN(C)C)C1(O)C(=O)C(OC)=C1OC. The molecule has 0 bridgehead atoms. The van der Waals surface area contributed by atoms with Crippen molar-refractivity contribution < 1.29 is 19.4 Å². The number of carbonyl (C=O) groups excluding carboxylic acids is 1. The van der Waals surface area contributed by atoms with Crippen molar-refractivity contribution in [2.75, 3.05) is 34.9 Å². The number of rotatable bonds is 5. The van der Waals surface area contributed by atoms with Crippen molar-refractivity contribution in [1.82, 2.24) is 4.90 Å². The number of hydrogen-bond donors (Lipinski definition) is 1. The van der Waals surface area contributed by atoms with Gasteiger partial charge < -0.3 is 19.5 Å². The Morgan fingerprint density at radius 3 is 2.38 bits per heavy atom. The maximum absolute atomic E-state index is 11.7. The topological polar surface area (TPSA) is 59.0 Å². The van der Waals surface area contributed by atoms with Crippen molar-refractivity contribution in [2.45, 2.75) is 5.60 Å². The van der Waals surface area contributed by atoms with Gasteiger partial charge in [-0.1, -0.05) is 6.58 Å². The van der Waals surface area contributed by atoms with Gasteiger partial charge in [-0.15, -0.1) is 0 Å². The monoisotopic (exact) mass is 227 g/mol. The second-order valence-electron chi connectivity index (χ2n) is 3.95. The van der Waals surface area contributed by atoms with E-state index >= 15 is 0 Å². The van der Waals surface area contributed by atoms with Crippen LogP contribution in [-0.2, 0) is 14.3 Å². The molecule has 5 heteroatoms. The zero-order chi connectivity index (χ0) is 12.5. The summed E-state index contributed by atoms with van der Waals surface area (Å²) in [5.41, 5.74) is -1.36. The fourth-order valence-electron chi connectivity index (χ4n) is 1.72. The molecule has 0 aliphatic heterocycles. The Bertz CT molecular complexity index is 359. The number of hydrogen-bond acceptors (Lipinski definition) is 5. The average Bonchev–Trinajstić information content (AvgIpc) is 2.22. The minimum absolute atomic E-state index is 0.0601. The largest absolute Gasteiger partial charge is 0.493 e. The van der Waals surface area contributed by atoms with Crippen LogP contribution in [0.2, 0.25) is 0 Å². The lowest BCUT2D eigenvalue weighted by Crippen LogP contribution is -2.54. The van der Waals surface area contributed by atoms with Crippen LogP contribution in [0, 0.1) is 0 Å². The van der Waals surface area contributed by atoms with Crippen molar-refractivity contribution >= 4 is 5.78 Å². The first-order valence-electron chi connectivity index (χ1n) is 4.82. The van der Waals surface area contributed by atoms with Gasteiger partial charge in [-0.25, -0.2) is 0 Å². The summed E-state index contributed by atoms with van der Waals surface area (Å²) in [6.45, 7) is 4.12. The lowest BCUT2D eigenvalue weighted by atomic mass is 9.77. The molecule has 0 aromatic carbocycles. The molecule has 16 heavy (non-hydrogen) atoms. The first-order valence-corrected chi connectivity index (χ1v) is 4.82. The Kier molecular flexibility index (Phi) is 3.40. The molecule has 1 aliphatic rings. The van der Waals surface area contributed by atoms with Gasteiger partial charge in [0.2, 0.25) is 17.1 Å². The van der Waals surface area contributed by atoms with E-state index in [4.69, 9.17) is 9.47 Å². The molecular formula is C11H17NO4. The zero-order valence-electron chi connectivity index (χ0n) is 10.0. The first-order chi connectivity index (χ1) is 7.39. The highest BCUT2D eigenvalue weighted by Gasteiger charge is 2.57. The fourth-order valence-corrected chi connectivity index (χ4v) is 1.72. The van der Waals surface area contributed by atoms with Crippen LogP contribution in [0.5, 0.6) is 0 Å². The second kappa shape index (κ2) is 4.27. The minimum Gasteiger partial charge on any atom is -0.493 e. The highest BCUT2D eigenvalue weighted by Crippen LogP contribution is 2.40. The zero-order valence-corrected chi connectivity index (χ0v) is 10.0. The Morgan fingerprint density at radius 2 is 2.00 bits per heavy atom. The smallest absolute Gasteiger partial charge is 0.244 e. The molecule has 5 nitrogen and oxygen atoms in total. The maximum Gasteiger partial charge on any atom is 0.244 e. The number of likely N-dealkylation sites (N-methyl/N-ethyl adjacent to an activating group) is 1. The van der Waals surface area contributed by atoms with Crippen molar-refractivity contribution in [3.05, 3.63) is 23.7 Å². The lowest BCUT2D eigenvalue weighted by Gasteiger charge is -2.38. The molecule has 1 unspecified atom stereocenters. The van der Waals surface area contributed by atoms with E-state index in [0.29, 0.717) is 12.1 Å². The highest BCUT2D eigenvalue weighted by molar-refractivity contribution is 6.12. The molecule has 90 valence electrons.